The predicted octanol–water partition coefficient (Wildman–Crippen LogP) is 4.62. The molecule has 6 heteroatoms. The lowest BCUT2D eigenvalue weighted by molar-refractivity contribution is -0.124. The molecule has 1 N–H and O–H groups in total. The molecule has 0 spiro atoms. The zero-order chi connectivity index (χ0) is 21.6. The molecule has 4 fully saturated rings. The Balaban J connectivity index is 1.32. The van der Waals surface area contributed by atoms with Crippen molar-refractivity contribution in [3.63, 3.8) is 0 Å². The number of nitrogens with zero attached hydrogens (tertiary/aromatic N) is 2. The van der Waals surface area contributed by atoms with Crippen LogP contribution in [0.5, 0.6) is 0 Å². The van der Waals surface area contributed by atoms with Crippen LogP contribution in [-0.4, -0.2) is 26.8 Å². The van der Waals surface area contributed by atoms with Crippen molar-refractivity contribution in [3.8, 4) is 0 Å². The zero-order valence-electron chi connectivity index (χ0n) is 18.6. The maximum atomic E-state index is 13.1. The van der Waals surface area contributed by atoms with Crippen molar-refractivity contribution in [3.05, 3.63) is 34.6 Å². The third-order valence-electron chi connectivity index (χ3n) is 7.53. The van der Waals surface area contributed by atoms with Gasteiger partial charge in [-0.05, 0) is 80.8 Å². The third kappa shape index (κ3) is 4.28. The zero-order valence-corrected chi connectivity index (χ0v) is 19.4. The quantitative estimate of drug-likeness (QED) is 0.505. The van der Waals surface area contributed by atoms with Crippen molar-refractivity contribution in [2.24, 2.45) is 23.7 Å². The summed E-state index contributed by atoms with van der Waals surface area (Å²) in [7, 11) is 0. The van der Waals surface area contributed by atoms with Gasteiger partial charge in [0, 0.05) is 12.1 Å². The summed E-state index contributed by atoms with van der Waals surface area (Å²) in [4.78, 5) is 30.9. The highest BCUT2D eigenvalue weighted by Crippen LogP contribution is 2.55. The van der Waals surface area contributed by atoms with Crippen molar-refractivity contribution in [1.82, 2.24) is 14.9 Å². The minimum Gasteiger partial charge on any atom is -0.350 e. The second-order valence-electron chi connectivity index (χ2n) is 10.6. The standard InChI is InChI=1S/C25H33N3O2S/c1-16(2)7-8-28-23(30)20-5-3-4-6-21(20)26-24(28)31-15-22(29)27-25-12-17-9-18(13-25)11-19(10-17)14-25/h3-6,16-19H,7-15H2,1-2H3,(H,27,29). The second kappa shape index (κ2) is 8.27. The number of thioether (sulfide) groups is 1. The van der Waals surface area contributed by atoms with E-state index in [2.05, 4.69) is 19.2 Å². The van der Waals surface area contributed by atoms with Crippen molar-refractivity contribution in [2.45, 2.75) is 76.0 Å². The summed E-state index contributed by atoms with van der Waals surface area (Å²) < 4.78 is 1.77. The van der Waals surface area contributed by atoms with Gasteiger partial charge < -0.3 is 5.32 Å². The van der Waals surface area contributed by atoms with Gasteiger partial charge in [-0.15, -0.1) is 0 Å². The number of aromatic nitrogens is 2. The SMILES string of the molecule is CC(C)CCn1c(SCC(=O)NC23CC4CC(CC(C4)C2)C3)nc2ccccc2c1=O. The van der Waals surface area contributed by atoms with Gasteiger partial charge in [-0.2, -0.15) is 0 Å². The molecule has 6 rings (SSSR count). The molecule has 4 aliphatic carbocycles. The molecule has 1 aromatic carbocycles. The Morgan fingerprint density at radius 2 is 1.81 bits per heavy atom. The highest BCUT2D eigenvalue weighted by atomic mass is 32.2. The lowest BCUT2D eigenvalue weighted by Gasteiger charge is -2.56. The molecule has 5 nitrogen and oxygen atoms in total. The average Bonchev–Trinajstić information content (AvgIpc) is 2.70. The van der Waals surface area contributed by atoms with E-state index in [4.69, 9.17) is 4.98 Å². The Morgan fingerprint density at radius 1 is 1.16 bits per heavy atom. The first kappa shape index (κ1) is 21.0. The Kier molecular flexibility index (Phi) is 5.61. The van der Waals surface area contributed by atoms with Crippen LogP contribution in [-0.2, 0) is 11.3 Å². The van der Waals surface area contributed by atoms with Gasteiger partial charge in [0.15, 0.2) is 5.16 Å². The largest absolute Gasteiger partial charge is 0.350 e. The van der Waals surface area contributed by atoms with E-state index in [1.54, 1.807) is 4.57 Å². The van der Waals surface area contributed by atoms with Crippen molar-refractivity contribution in [1.29, 1.82) is 0 Å². The summed E-state index contributed by atoms with van der Waals surface area (Å²) in [5.41, 5.74) is 0.730. The normalized spacial score (nSPS) is 29.1. The smallest absolute Gasteiger partial charge is 0.262 e. The van der Waals surface area contributed by atoms with Crippen LogP contribution < -0.4 is 10.9 Å². The Hall–Kier alpha value is -1.82. The summed E-state index contributed by atoms with van der Waals surface area (Å²) in [6, 6.07) is 7.50. The maximum Gasteiger partial charge on any atom is 0.262 e. The number of carbonyl (C=O) groups excluding carboxylic acids is 1. The number of para-hydroxylation sites is 1. The summed E-state index contributed by atoms with van der Waals surface area (Å²) in [6.45, 7) is 4.95. The van der Waals surface area contributed by atoms with Gasteiger partial charge in [0.2, 0.25) is 5.91 Å². The molecule has 4 aliphatic rings. The van der Waals surface area contributed by atoms with Crippen LogP contribution in [0.1, 0.15) is 58.8 Å². The summed E-state index contributed by atoms with van der Waals surface area (Å²) in [6.07, 6.45) is 8.48. The first-order valence-corrected chi connectivity index (χ1v) is 12.8. The minimum atomic E-state index is -0.00441. The van der Waals surface area contributed by atoms with E-state index in [1.165, 1.54) is 31.0 Å². The molecule has 0 saturated heterocycles. The van der Waals surface area contributed by atoms with Crippen LogP contribution in [0.3, 0.4) is 0 Å². The van der Waals surface area contributed by atoms with E-state index in [1.807, 2.05) is 24.3 Å². The molecule has 2 aromatic rings. The highest BCUT2D eigenvalue weighted by Gasteiger charge is 2.51. The van der Waals surface area contributed by atoms with Crippen molar-refractivity contribution >= 4 is 28.6 Å². The van der Waals surface area contributed by atoms with Gasteiger partial charge in [0.25, 0.3) is 5.56 Å². The van der Waals surface area contributed by atoms with E-state index in [0.29, 0.717) is 34.3 Å². The van der Waals surface area contributed by atoms with Gasteiger partial charge in [-0.25, -0.2) is 4.98 Å². The molecule has 0 atom stereocenters. The molecule has 1 aromatic heterocycles. The maximum absolute atomic E-state index is 13.1. The molecule has 0 radical (unpaired) electrons. The number of rotatable bonds is 7. The molecular formula is C25H33N3O2S. The fourth-order valence-electron chi connectivity index (χ4n) is 6.57. The van der Waals surface area contributed by atoms with Crippen molar-refractivity contribution in [2.75, 3.05) is 5.75 Å². The number of carbonyl (C=O) groups is 1. The van der Waals surface area contributed by atoms with E-state index >= 15 is 0 Å². The van der Waals surface area contributed by atoms with Gasteiger partial charge >= 0.3 is 0 Å². The lowest BCUT2D eigenvalue weighted by Crippen LogP contribution is -2.60. The number of fused-ring (bicyclic) bond motifs is 1. The second-order valence-corrected chi connectivity index (χ2v) is 11.5. The number of hydrogen-bond donors (Lipinski definition) is 1. The van der Waals surface area contributed by atoms with E-state index < -0.39 is 0 Å². The molecular weight excluding hydrogens is 406 g/mol. The molecule has 166 valence electrons. The van der Waals surface area contributed by atoms with Gasteiger partial charge in [-0.1, -0.05) is 37.7 Å². The first-order chi connectivity index (χ1) is 14.9. The first-order valence-electron chi connectivity index (χ1n) is 11.8. The summed E-state index contributed by atoms with van der Waals surface area (Å²) in [5, 5.41) is 4.75. The van der Waals surface area contributed by atoms with Crippen LogP contribution in [0.4, 0.5) is 0 Å². The third-order valence-corrected chi connectivity index (χ3v) is 8.51. The Morgan fingerprint density at radius 3 is 2.45 bits per heavy atom. The Bertz CT molecular complexity index is 1010. The minimum absolute atomic E-state index is 0.00441. The van der Waals surface area contributed by atoms with Crippen LogP contribution in [0.2, 0.25) is 0 Å². The summed E-state index contributed by atoms with van der Waals surface area (Å²) in [5.74, 6) is 3.32. The predicted molar refractivity (Wildman–Crippen MR) is 125 cm³/mol. The van der Waals surface area contributed by atoms with Crippen molar-refractivity contribution < 1.29 is 4.79 Å². The number of benzene rings is 1. The Labute approximate surface area is 188 Å². The monoisotopic (exact) mass is 439 g/mol. The molecule has 4 saturated carbocycles. The molecule has 31 heavy (non-hydrogen) atoms. The topological polar surface area (TPSA) is 64.0 Å². The number of nitrogens with one attached hydrogen (secondary N) is 1. The highest BCUT2D eigenvalue weighted by molar-refractivity contribution is 7.99. The van der Waals surface area contributed by atoms with E-state index in [0.717, 1.165) is 43.4 Å². The summed E-state index contributed by atoms with van der Waals surface area (Å²) >= 11 is 1.40. The number of hydrogen-bond acceptors (Lipinski definition) is 4. The molecule has 0 aliphatic heterocycles. The molecule has 0 unspecified atom stereocenters. The lowest BCUT2D eigenvalue weighted by atomic mass is 9.53. The van der Waals surface area contributed by atoms with E-state index in [9.17, 15) is 9.59 Å². The van der Waals surface area contributed by atoms with Crippen LogP contribution >= 0.6 is 11.8 Å². The fourth-order valence-corrected chi connectivity index (χ4v) is 7.39. The van der Waals surface area contributed by atoms with Gasteiger partial charge in [0.1, 0.15) is 0 Å². The van der Waals surface area contributed by atoms with Gasteiger partial charge in [0.05, 0.1) is 16.7 Å². The molecule has 4 bridgehead atoms. The van der Waals surface area contributed by atoms with Crippen LogP contribution in [0, 0.1) is 23.7 Å². The fraction of sp³-hybridized carbons (Fsp3) is 0.640. The average molecular weight is 440 g/mol. The van der Waals surface area contributed by atoms with Crippen LogP contribution in [0.15, 0.2) is 34.2 Å². The molecule has 1 heterocycles. The number of amides is 1. The van der Waals surface area contributed by atoms with E-state index in [-0.39, 0.29) is 17.0 Å². The van der Waals surface area contributed by atoms with Gasteiger partial charge in [-0.3, -0.25) is 14.2 Å². The van der Waals surface area contributed by atoms with Crippen LogP contribution in [0.25, 0.3) is 10.9 Å². The molecule has 1 amide bonds.